The first-order valence-electron chi connectivity index (χ1n) is 1.91. The van der Waals surface area contributed by atoms with Gasteiger partial charge in [0.1, 0.15) is 0 Å². The molecule has 0 spiro atoms. The molecule has 0 aliphatic heterocycles. The number of hydrogen-bond acceptors (Lipinski definition) is 0. The van der Waals surface area contributed by atoms with Gasteiger partial charge in [0, 0.05) is 17.1 Å². The second-order valence-corrected chi connectivity index (χ2v) is 1.000. The fourth-order valence-electron chi connectivity index (χ4n) is 0. The maximum atomic E-state index is 2.18. The molecule has 0 saturated carbocycles. The quantitative estimate of drug-likeness (QED) is 0.465. The molecule has 0 fully saturated rings. The molecule has 5 heavy (non-hydrogen) atoms. The van der Waals surface area contributed by atoms with Crippen LogP contribution in [0.25, 0.3) is 0 Å². The Balaban J connectivity index is 0. The van der Waals surface area contributed by atoms with Gasteiger partial charge in [0.2, 0.25) is 0 Å². The number of hydrogen-bond donors (Lipinski definition) is 0. The summed E-state index contributed by atoms with van der Waals surface area (Å²) in [5, 5.41) is 0. The molecular weight excluding hydrogens is 112 g/mol. The summed E-state index contributed by atoms with van der Waals surface area (Å²) in [6.07, 6.45) is 2.64. The number of unbranched alkanes of at least 4 members (excludes halogenated alkanes) is 1. The molecule has 0 atom stereocenters. The molecule has 0 amide bonds. The van der Waals surface area contributed by atoms with Gasteiger partial charge in [0.25, 0.3) is 0 Å². The van der Waals surface area contributed by atoms with E-state index in [9.17, 15) is 0 Å². The summed E-state index contributed by atoms with van der Waals surface area (Å²) >= 11 is 0. The van der Waals surface area contributed by atoms with Crippen molar-refractivity contribution >= 4 is 0 Å². The van der Waals surface area contributed by atoms with E-state index in [1.54, 1.807) is 0 Å². The minimum absolute atomic E-state index is 0. The first-order chi connectivity index (χ1) is 1.91. The summed E-state index contributed by atoms with van der Waals surface area (Å²) in [7, 11) is 0. The average Bonchev–Trinajstić information content (AvgIpc) is 1.37. The molecule has 0 heterocycles. The van der Waals surface area contributed by atoms with Gasteiger partial charge in [-0.3, -0.25) is 0 Å². The van der Waals surface area contributed by atoms with Crippen LogP contribution >= 0.6 is 0 Å². The van der Waals surface area contributed by atoms with E-state index in [0.717, 1.165) is 0 Å². The Kier molecular flexibility index (Phi) is 16.1. The van der Waals surface area contributed by atoms with Gasteiger partial charge in [-0.25, -0.2) is 0 Å². The van der Waals surface area contributed by atoms with Crippen molar-refractivity contribution in [2.45, 2.75) is 26.7 Å². The van der Waals surface area contributed by atoms with Gasteiger partial charge < -0.3 is 0 Å². The summed E-state index contributed by atoms with van der Waals surface area (Å²) in [6, 6.07) is 0. The monoisotopic (exact) mass is 121 g/mol. The van der Waals surface area contributed by atoms with Crippen LogP contribution in [-0.2, 0) is 17.1 Å². The van der Waals surface area contributed by atoms with Crippen LogP contribution in [0.4, 0.5) is 0 Å². The van der Waals surface area contributed by atoms with Crippen molar-refractivity contribution in [2.75, 3.05) is 0 Å². The Labute approximate surface area is 44.4 Å². The normalized spacial score (nSPS) is 6.00. The summed E-state index contributed by atoms with van der Waals surface area (Å²) in [5.74, 6) is 0. The Morgan fingerprint density at radius 2 is 1.20 bits per heavy atom. The van der Waals surface area contributed by atoms with E-state index in [2.05, 4.69) is 13.8 Å². The van der Waals surface area contributed by atoms with E-state index in [-0.39, 0.29) is 17.1 Å². The molecule has 37 valence electrons. The van der Waals surface area contributed by atoms with Crippen LogP contribution < -0.4 is 0 Å². The van der Waals surface area contributed by atoms with E-state index in [1.165, 1.54) is 12.8 Å². The summed E-state index contributed by atoms with van der Waals surface area (Å²) < 4.78 is 0. The summed E-state index contributed by atoms with van der Waals surface area (Å²) in [4.78, 5) is 0. The third-order valence-electron chi connectivity index (χ3n) is 0.500. The van der Waals surface area contributed by atoms with Crippen LogP contribution in [0.15, 0.2) is 0 Å². The summed E-state index contributed by atoms with van der Waals surface area (Å²) in [5.41, 5.74) is 0. The molecule has 0 aliphatic rings. The van der Waals surface area contributed by atoms with Crippen LogP contribution in [0, 0.1) is 0 Å². The van der Waals surface area contributed by atoms with E-state index in [1.807, 2.05) is 0 Å². The minimum Gasteiger partial charge on any atom is -0.0654 e. The molecule has 1 radical (unpaired) electrons. The van der Waals surface area contributed by atoms with Crippen molar-refractivity contribution in [3.63, 3.8) is 0 Å². The molecule has 0 N–H and O–H groups in total. The zero-order chi connectivity index (χ0) is 3.41. The van der Waals surface area contributed by atoms with Crippen LogP contribution in [0.2, 0.25) is 0 Å². The van der Waals surface area contributed by atoms with E-state index >= 15 is 0 Å². The second-order valence-electron chi connectivity index (χ2n) is 1.000. The Morgan fingerprint density at radius 3 is 1.20 bits per heavy atom. The molecule has 0 nitrogen and oxygen atoms in total. The SMILES string of the molecule is CCCC.[Cu]. The van der Waals surface area contributed by atoms with Crippen LogP contribution in [0.1, 0.15) is 26.7 Å². The smallest absolute Gasteiger partial charge is 0 e. The Bertz CT molecular complexity index is 5.61. The molecule has 0 aromatic heterocycles. The van der Waals surface area contributed by atoms with Gasteiger partial charge in [0.15, 0.2) is 0 Å². The minimum atomic E-state index is 0. The first-order valence-corrected chi connectivity index (χ1v) is 1.91. The van der Waals surface area contributed by atoms with Crippen molar-refractivity contribution in [3.05, 3.63) is 0 Å². The molecule has 1 heteroatoms. The van der Waals surface area contributed by atoms with Crippen molar-refractivity contribution in [3.8, 4) is 0 Å². The van der Waals surface area contributed by atoms with E-state index in [4.69, 9.17) is 0 Å². The van der Waals surface area contributed by atoms with Gasteiger partial charge in [-0.1, -0.05) is 26.7 Å². The molecule has 0 aromatic rings. The van der Waals surface area contributed by atoms with Gasteiger partial charge in [-0.15, -0.1) is 0 Å². The third kappa shape index (κ3) is 12.4. The van der Waals surface area contributed by atoms with Crippen LogP contribution in [0.5, 0.6) is 0 Å². The first kappa shape index (κ1) is 9.10. The van der Waals surface area contributed by atoms with Gasteiger partial charge in [-0.05, 0) is 0 Å². The standard InChI is InChI=1S/C4H10.Cu/c1-3-4-2;/h3-4H2,1-2H3;. The number of rotatable bonds is 1. The average molecular weight is 122 g/mol. The van der Waals surface area contributed by atoms with Crippen LogP contribution in [0.3, 0.4) is 0 Å². The Morgan fingerprint density at radius 1 is 1.00 bits per heavy atom. The fraction of sp³-hybridized carbons (Fsp3) is 1.00. The predicted molar refractivity (Wildman–Crippen MR) is 20.6 cm³/mol. The zero-order valence-electron chi connectivity index (χ0n) is 3.72. The van der Waals surface area contributed by atoms with Crippen molar-refractivity contribution < 1.29 is 17.1 Å². The van der Waals surface area contributed by atoms with Crippen molar-refractivity contribution in [2.24, 2.45) is 0 Å². The van der Waals surface area contributed by atoms with E-state index in [0.29, 0.717) is 0 Å². The molecule has 0 unspecified atom stereocenters. The van der Waals surface area contributed by atoms with Gasteiger partial charge in [0.05, 0.1) is 0 Å². The predicted octanol–water partition coefficient (Wildman–Crippen LogP) is 1.80. The molecule has 0 rings (SSSR count). The topological polar surface area (TPSA) is 0 Å². The summed E-state index contributed by atoms with van der Waals surface area (Å²) in [6.45, 7) is 4.36. The maximum absolute atomic E-state index is 2.18. The molecular formula is C4H10Cu. The zero-order valence-corrected chi connectivity index (χ0v) is 4.66. The molecule has 0 bridgehead atoms. The van der Waals surface area contributed by atoms with Crippen LogP contribution in [-0.4, -0.2) is 0 Å². The van der Waals surface area contributed by atoms with Gasteiger partial charge >= 0.3 is 0 Å². The third-order valence-corrected chi connectivity index (χ3v) is 0.500. The van der Waals surface area contributed by atoms with E-state index < -0.39 is 0 Å². The molecule has 0 aromatic carbocycles. The second kappa shape index (κ2) is 8.82. The van der Waals surface area contributed by atoms with Crippen molar-refractivity contribution in [1.29, 1.82) is 0 Å². The largest absolute Gasteiger partial charge is 0.0654 e. The maximum Gasteiger partial charge on any atom is 0 e. The van der Waals surface area contributed by atoms with Gasteiger partial charge in [-0.2, -0.15) is 0 Å². The van der Waals surface area contributed by atoms with Crippen molar-refractivity contribution in [1.82, 2.24) is 0 Å². The molecule has 0 saturated heterocycles. The Hall–Kier alpha value is 0.519. The molecule has 0 aliphatic carbocycles. The fourth-order valence-corrected chi connectivity index (χ4v) is 0.